The molecular weight excluding hydrogens is 320 g/mol. The Morgan fingerprint density at radius 2 is 1.96 bits per heavy atom. The van der Waals surface area contributed by atoms with Crippen molar-refractivity contribution in [2.45, 2.75) is 20.3 Å². The van der Waals surface area contributed by atoms with Crippen LogP contribution >= 0.6 is 11.6 Å². The standard InChI is InChI=1S/C16H19ClN2O4/c1-16(2,15(22)23)9-18-14(21)10-7-13(20)19(8-10)12-5-3-11(17)4-6-12/h3-6,10H,7-9H2,1-2H3,(H,18,21)(H,22,23). The Morgan fingerprint density at radius 1 is 1.35 bits per heavy atom. The van der Waals surface area contributed by atoms with E-state index in [0.29, 0.717) is 10.7 Å². The van der Waals surface area contributed by atoms with Crippen LogP contribution in [0.1, 0.15) is 20.3 Å². The number of amides is 2. The number of hydrogen-bond acceptors (Lipinski definition) is 3. The van der Waals surface area contributed by atoms with Crippen LogP contribution in [0.5, 0.6) is 0 Å². The molecule has 1 unspecified atom stereocenters. The second-order valence-electron chi connectivity index (χ2n) is 6.29. The molecule has 2 N–H and O–H groups in total. The lowest BCUT2D eigenvalue weighted by Gasteiger charge is -2.21. The predicted molar refractivity (Wildman–Crippen MR) is 86.3 cm³/mol. The van der Waals surface area contributed by atoms with Gasteiger partial charge in [0.15, 0.2) is 0 Å². The number of anilines is 1. The van der Waals surface area contributed by atoms with Crippen LogP contribution in [0.25, 0.3) is 0 Å². The van der Waals surface area contributed by atoms with Crippen molar-refractivity contribution in [1.29, 1.82) is 0 Å². The molecule has 0 aliphatic carbocycles. The van der Waals surface area contributed by atoms with Crippen LogP contribution in [0.15, 0.2) is 24.3 Å². The molecule has 1 aliphatic rings. The summed E-state index contributed by atoms with van der Waals surface area (Å²) in [5.41, 5.74) is -0.353. The highest BCUT2D eigenvalue weighted by atomic mass is 35.5. The Morgan fingerprint density at radius 3 is 2.52 bits per heavy atom. The van der Waals surface area contributed by atoms with E-state index in [0.717, 1.165) is 0 Å². The number of carboxylic acids is 1. The van der Waals surface area contributed by atoms with Gasteiger partial charge < -0.3 is 15.3 Å². The van der Waals surface area contributed by atoms with Crippen molar-refractivity contribution in [2.75, 3.05) is 18.0 Å². The highest BCUT2D eigenvalue weighted by Crippen LogP contribution is 2.26. The molecule has 2 amide bonds. The summed E-state index contributed by atoms with van der Waals surface area (Å²) in [6.45, 7) is 3.37. The van der Waals surface area contributed by atoms with E-state index in [-0.39, 0.29) is 31.3 Å². The van der Waals surface area contributed by atoms with Crippen molar-refractivity contribution < 1.29 is 19.5 Å². The van der Waals surface area contributed by atoms with Gasteiger partial charge in [0.25, 0.3) is 0 Å². The van der Waals surface area contributed by atoms with Gasteiger partial charge in [-0.1, -0.05) is 11.6 Å². The van der Waals surface area contributed by atoms with E-state index in [2.05, 4.69) is 5.32 Å². The Kier molecular flexibility index (Phi) is 4.94. The molecule has 6 nitrogen and oxygen atoms in total. The van der Waals surface area contributed by atoms with Gasteiger partial charge in [-0.3, -0.25) is 14.4 Å². The summed E-state index contributed by atoms with van der Waals surface area (Å²) in [6.07, 6.45) is 0.113. The van der Waals surface area contributed by atoms with Crippen molar-refractivity contribution >= 4 is 35.1 Å². The summed E-state index contributed by atoms with van der Waals surface area (Å²) in [5, 5.41) is 12.3. The molecule has 1 fully saturated rings. The van der Waals surface area contributed by atoms with E-state index in [4.69, 9.17) is 16.7 Å². The van der Waals surface area contributed by atoms with Crippen LogP contribution in [-0.2, 0) is 14.4 Å². The maximum atomic E-state index is 12.2. The lowest BCUT2D eigenvalue weighted by molar-refractivity contribution is -0.147. The minimum absolute atomic E-state index is 0.0206. The van der Waals surface area contributed by atoms with Crippen molar-refractivity contribution in [3.63, 3.8) is 0 Å². The molecule has 1 aliphatic heterocycles. The fraction of sp³-hybridized carbons (Fsp3) is 0.438. The van der Waals surface area contributed by atoms with Crippen molar-refractivity contribution in [2.24, 2.45) is 11.3 Å². The summed E-state index contributed by atoms with van der Waals surface area (Å²) < 4.78 is 0. The van der Waals surface area contributed by atoms with Gasteiger partial charge in [0.1, 0.15) is 0 Å². The van der Waals surface area contributed by atoms with Crippen molar-refractivity contribution in [3.05, 3.63) is 29.3 Å². The topological polar surface area (TPSA) is 86.7 Å². The highest BCUT2D eigenvalue weighted by molar-refractivity contribution is 6.30. The van der Waals surface area contributed by atoms with Crippen LogP contribution in [-0.4, -0.2) is 36.0 Å². The van der Waals surface area contributed by atoms with Crippen molar-refractivity contribution in [1.82, 2.24) is 5.32 Å². The molecule has 1 atom stereocenters. The van der Waals surface area contributed by atoms with Gasteiger partial charge in [0.2, 0.25) is 11.8 Å². The Balaban J connectivity index is 1.98. The molecule has 1 aromatic rings. The molecule has 0 bridgehead atoms. The third-order valence-electron chi connectivity index (χ3n) is 3.92. The zero-order valence-corrected chi connectivity index (χ0v) is 13.8. The number of nitrogens with zero attached hydrogens (tertiary/aromatic N) is 1. The lowest BCUT2D eigenvalue weighted by Crippen LogP contribution is -2.41. The maximum absolute atomic E-state index is 12.2. The minimum atomic E-state index is -1.05. The Bertz CT molecular complexity index is 627. The molecule has 23 heavy (non-hydrogen) atoms. The molecule has 0 saturated carbocycles. The van der Waals surface area contributed by atoms with Gasteiger partial charge in [-0.15, -0.1) is 0 Å². The van der Waals surface area contributed by atoms with Gasteiger partial charge >= 0.3 is 5.97 Å². The zero-order chi connectivity index (χ0) is 17.2. The summed E-state index contributed by atoms with van der Waals surface area (Å²) in [7, 11) is 0. The van der Waals surface area contributed by atoms with E-state index >= 15 is 0 Å². The van der Waals surface area contributed by atoms with Crippen LogP contribution in [0.4, 0.5) is 5.69 Å². The first-order chi connectivity index (χ1) is 10.7. The third kappa shape index (κ3) is 4.01. The van der Waals surface area contributed by atoms with Gasteiger partial charge in [-0.05, 0) is 38.1 Å². The Hall–Kier alpha value is -2.08. The van der Waals surface area contributed by atoms with Crippen LogP contribution in [0.3, 0.4) is 0 Å². The summed E-state index contributed by atoms with van der Waals surface area (Å²) in [6, 6.07) is 6.84. The number of carbonyl (C=O) groups excluding carboxylic acids is 2. The van der Waals surface area contributed by atoms with Crippen LogP contribution < -0.4 is 10.2 Å². The Labute approximate surface area is 139 Å². The molecule has 1 saturated heterocycles. The molecule has 7 heteroatoms. The molecular formula is C16H19ClN2O4. The van der Waals surface area contributed by atoms with E-state index in [1.807, 2.05) is 0 Å². The molecule has 1 heterocycles. The number of carboxylic acid groups (broad SMARTS) is 1. The number of halogens is 1. The summed E-state index contributed by atoms with van der Waals surface area (Å²) >= 11 is 5.83. The predicted octanol–water partition coefficient (Wildman–Crippen LogP) is 1.92. The fourth-order valence-corrected chi connectivity index (χ4v) is 2.41. The number of hydrogen-bond donors (Lipinski definition) is 2. The lowest BCUT2D eigenvalue weighted by atomic mass is 9.93. The third-order valence-corrected chi connectivity index (χ3v) is 4.17. The molecule has 0 aromatic heterocycles. The quantitative estimate of drug-likeness (QED) is 0.858. The van der Waals surface area contributed by atoms with Crippen molar-refractivity contribution in [3.8, 4) is 0 Å². The fourth-order valence-electron chi connectivity index (χ4n) is 2.28. The molecule has 1 aromatic carbocycles. The molecule has 0 radical (unpaired) electrons. The first kappa shape index (κ1) is 17.3. The first-order valence-corrected chi connectivity index (χ1v) is 7.65. The van der Waals surface area contributed by atoms with E-state index < -0.39 is 17.3 Å². The van der Waals surface area contributed by atoms with Gasteiger partial charge in [0.05, 0.1) is 11.3 Å². The van der Waals surface area contributed by atoms with Gasteiger partial charge in [-0.25, -0.2) is 0 Å². The van der Waals surface area contributed by atoms with Gasteiger partial charge in [0, 0.05) is 30.2 Å². The average Bonchev–Trinajstić information content (AvgIpc) is 2.87. The van der Waals surface area contributed by atoms with E-state index in [9.17, 15) is 14.4 Å². The second-order valence-corrected chi connectivity index (χ2v) is 6.73. The largest absolute Gasteiger partial charge is 0.481 e. The monoisotopic (exact) mass is 338 g/mol. The minimum Gasteiger partial charge on any atom is -0.481 e. The SMILES string of the molecule is CC(C)(CNC(=O)C1CC(=O)N(c2ccc(Cl)cc2)C1)C(=O)O. The average molecular weight is 339 g/mol. The van der Waals surface area contributed by atoms with Gasteiger partial charge in [-0.2, -0.15) is 0 Å². The van der Waals surface area contributed by atoms with Crippen LogP contribution in [0.2, 0.25) is 5.02 Å². The summed E-state index contributed by atoms with van der Waals surface area (Å²) in [4.78, 5) is 36.9. The normalized spacial score (nSPS) is 18.1. The molecule has 0 spiro atoms. The van der Waals surface area contributed by atoms with E-state index in [1.54, 1.807) is 29.2 Å². The number of nitrogens with one attached hydrogen (secondary N) is 1. The first-order valence-electron chi connectivity index (χ1n) is 7.28. The highest BCUT2D eigenvalue weighted by Gasteiger charge is 2.36. The zero-order valence-electron chi connectivity index (χ0n) is 13.0. The number of rotatable bonds is 5. The van der Waals surface area contributed by atoms with Crippen LogP contribution in [0, 0.1) is 11.3 Å². The maximum Gasteiger partial charge on any atom is 0.310 e. The molecule has 124 valence electrons. The van der Waals surface area contributed by atoms with E-state index in [1.165, 1.54) is 13.8 Å². The second kappa shape index (κ2) is 6.58. The number of aliphatic carboxylic acids is 1. The smallest absolute Gasteiger partial charge is 0.310 e. The molecule has 2 rings (SSSR count). The summed E-state index contributed by atoms with van der Waals surface area (Å²) in [5.74, 6) is -1.90. The number of benzene rings is 1. The number of carbonyl (C=O) groups is 3.